The van der Waals surface area contributed by atoms with E-state index in [9.17, 15) is 17.6 Å². The molecule has 33 heavy (non-hydrogen) atoms. The first-order valence-corrected chi connectivity index (χ1v) is 9.97. The molecule has 10 heteroatoms. The van der Waals surface area contributed by atoms with Crippen LogP contribution in [0.3, 0.4) is 0 Å². The van der Waals surface area contributed by atoms with Gasteiger partial charge < -0.3 is 14.5 Å². The third-order valence-electron chi connectivity index (χ3n) is 4.79. The molecule has 2 heterocycles. The number of hydrogen-bond donors (Lipinski definition) is 1. The van der Waals surface area contributed by atoms with Gasteiger partial charge in [0.2, 0.25) is 5.95 Å². The molecule has 2 aromatic carbocycles. The van der Waals surface area contributed by atoms with Gasteiger partial charge in [-0.3, -0.25) is 0 Å². The monoisotopic (exact) mass is 477 g/mol. The lowest BCUT2D eigenvalue weighted by atomic mass is 10.1. The number of alkyl halides is 3. The molecule has 4 rings (SSSR count). The molecular weight excluding hydrogens is 462 g/mol. The smallest absolute Gasteiger partial charge is 0.416 e. The maximum atomic E-state index is 13.1. The van der Waals surface area contributed by atoms with Crippen LogP contribution in [0, 0.1) is 5.95 Å². The number of methoxy groups -OCH3 is 1. The number of ether oxygens (including phenoxy) is 2. The van der Waals surface area contributed by atoms with Crippen molar-refractivity contribution in [2.75, 3.05) is 7.11 Å². The molecule has 0 aliphatic heterocycles. The maximum Gasteiger partial charge on any atom is 0.416 e. The fourth-order valence-electron chi connectivity index (χ4n) is 3.11. The van der Waals surface area contributed by atoms with E-state index < -0.39 is 17.7 Å². The van der Waals surface area contributed by atoms with Gasteiger partial charge >= 0.3 is 6.18 Å². The minimum absolute atomic E-state index is 0.0766. The third kappa shape index (κ3) is 5.09. The summed E-state index contributed by atoms with van der Waals surface area (Å²) in [5.74, 6) is 0.695. The van der Waals surface area contributed by atoms with Gasteiger partial charge in [0.1, 0.15) is 23.9 Å². The van der Waals surface area contributed by atoms with Crippen molar-refractivity contribution in [3.63, 3.8) is 0 Å². The minimum atomic E-state index is -4.39. The van der Waals surface area contributed by atoms with Crippen LogP contribution < -0.4 is 9.47 Å². The van der Waals surface area contributed by atoms with Crippen molar-refractivity contribution in [2.24, 2.45) is 0 Å². The average molecular weight is 478 g/mol. The number of rotatable bonds is 6. The standard InChI is InChI=1S/C23H16ClF4N3O2/c1-32-18-10-16(33-12-13-2-5-15(6-3-13)23(26,27)28)7-8-17(18)20-21(24)31-22(30-20)14-4-9-19(25)29-11-14/h2-11H,12H2,1H3,(H,30,31). The van der Waals surface area contributed by atoms with E-state index in [1.807, 2.05) is 0 Å². The highest BCUT2D eigenvalue weighted by Gasteiger charge is 2.29. The van der Waals surface area contributed by atoms with Crippen molar-refractivity contribution in [1.29, 1.82) is 0 Å². The number of imidazole rings is 1. The van der Waals surface area contributed by atoms with Crippen LogP contribution in [0.4, 0.5) is 17.6 Å². The van der Waals surface area contributed by atoms with Crippen LogP contribution in [0.5, 0.6) is 11.5 Å². The number of benzene rings is 2. The van der Waals surface area contributed by atoms with Gasteiger partial charge in [0, 0.05) is 23.4 Å². The largest absolute Gasteiger partial charge is 0.496 e. The summed E-state index contributed by atoms with van der Waals surface area (Å²) in [5.41, 5.74) is 1.52. The van der Waals surface area contributed by atoms with Crippen LogP contribution in [0.15, 0.2) is 60.8 Å². The van der Waals surface area contributed by atoms with Gasteiger partial charge in [0.15, 0.2) is 5.15 Å². The van der Waals surface area contributed by atoms with Gasteiger partial charge in [-0.05, 0) is 42.0 Å². The SMILES string of the molecule is COc1cc(OCc2ccc(C(F)(F)F)cc2)ccc1-c1[nH]c(-c2ccc(F)nc2)nc1Cl. The highest BCUT2D eigenvalue weighted by Crippen LogP contribution is 2.37. The molecule has 0 unspecified atom stereocenters. The molecule has 170 valence electrons. The predicted octanol–water partition coefficient (Wildman–Crippen LogP) is 6.54. The predicted molar refractivity (Wildman–Crippen MR) is 115 cm³/mol. The number of nitrogens with zero attached hydrogens (tertiary/aromatic N) is 2. The lowest BCUT2D eigenvalue weighted by Gasteiger charge is -2.12. The zero-order chi connectivity index (χ0) is 23.6. The molecule has 0 amide bonds. The average Bonchev–Trinajstić information content (AvgIpc) is 3.19. The number of hydrogen-bond acceptors (Lipinski definition) is 4. The first-order valence-electron chi connectivity index (χ1n) is 9.59. The fourth-order valence-corrected chi connectivity index (χ4v) is 3.34. The molecule has 0 fully saturated rings. The van der Waals surface area contributed by atoms with Crippen molar-refractivity contribution in [2.45, 2.75) is 12.8 Å². The van der Waals surface area contributed by atoms with Crippen molar-refractivity contribution in [3.8, 4) is 34.1 Å². The van der Waals surface area contributed by atoms with Crippen LogP contribution in [0.25, 0.3) is 22.6 Å². The van der Waals surface area contributed by atoms with Gasteiger partial charge in [-0.1, -0.05) is 23.7 Å². The zero-order valence-electron chi connectivity index (χ0n) is 17.1. The summed E-state index contributed by atoms with van der Waals surface area (Å²) in [4.78, 5) is 11.0. The Kier molecular flexibility index (Phi) is 6.24. The Bertz CT molecular complexity index is 1260. The number of aromatic amines is 1. The first-order chi connectivity index (χ1) is 15.7. The number of nitrogens with one attached hydrogen (secondary N) is 1. The number of pyridine rings is 1. The first kappa shape index (κ1) is 22.6. The highest BCUT2D eigenvalue weighted by molar-refractivity contribution is 6.32. The molecule has 1 N–H and O–H groups in total. The summed E-state index contributed by atoms with van der Waals surface area (Å²) in [6, 6.07) is 12.5. The van der Waals surface area contributed by atoms with Crippen molar-refractivity contribution < 1.29 is 27.0 Å². The van der Waals surface area contributed by atoms with Crippen LogP contribution in [0.2, 0.25) is 5.15 Å². The van der Waals surface area contributed by atoms with E-state index in [-0.39, 0.29) is 11.8 Å². The lowest BCUT2D eigenvalue weighted by molar-refractivity contribution is -0.137. The second-order valence-electron chi connectivity index (χ2n) is 6.97. The van der Waals surface area contributed by atoms with Crippen LogP contribution >= 0.6 is 11.6 Å². The molecule has 0 aliphatic carbocycles. The van der Waals surface area contributed by atoms with E-state index in [4.69, 9.17) is 21.1 Å². The summed E-state index contributed by atoms with van der Waals surface area (Å²) in [6.45, 7) is 0.0766. The summed E-state index contributed by atoms with van der Waals surface area (Å²) in [5, 5.41) is 0.186. The molecule has 0 spiro atoms. The Morgan fingerprint density at radius 3 is 2.42 bits per heavy atom. The van der Waals surface area contributed by atoms with Crippen LogP contribution in [-0.2, 0) is 12.8 Å². The van der Waals surface area contributed by atoms with Gasteiger partial charge in [-0.2, -0.15) is 17.6 Å². The van der Waals surface area contributed by atoms with Crippen molar-refractivity contribution in [1.82, 2.24) is 15.0 Å². The third-order valence-corrected chi connectivity index (χ3v) is 5.06. The Morgan fingerprint density at radius 1 is 1.03 bits per heavy atom. The summed E-state index contributed by atoms with van der Waals surface area (Å²) >= 11 is 6.31. The lowest BCUT2D eigenvalue weighted by Crippen LogP contribution is -2.05. The van der Waals surface area contributed by atoms with Crippen LogP contribution in [0.1, 0.15) is 11.1 Å². The van der Waals surface area contributed by atoms with E-state index in [0.29, 0.717) is 39.7 Å². The molecule has 0 saturated heterocycles. The van der Waals surface area contributed by atoms with Crippen molar-refractivity contribution in [3.05, 3.63) is 83.0 Å². The van der Waals surface area contributed by atoms with Gasteiger partial charge in [0.05, 0.1) is 18.4 Å². The van der Waals surface area contributed by atoms with E-state index in [0.717, 1.165) is 12.1 Å². The molecule has 0 radical (unpaired) electrons. The van der Waals surface area contributed by atoms with Crippen molar-refractivity contribution >= 4 is 11.6 Å². The minimum Gasteiger partial charge on any atom is -0.496 e. The van der Waals surface area contributed by atoms with Crippen LogP contribution in [-0.4, -0.2) is 22.1 Å². The normalized spacial score (nSPS) is 11.5. The number of halogens is 5. The number of aromatic nitrogens is 3. The van der Waals surface area contributed by atoms with Gasteiger partial charge in [-0.15, -0.1) is 0 Å². The second kappa shape index (κ2) is 9.11. The van der Waals surface area contributed by atoms with E-state index in [2.05, 4.69) is 15.0 Å². The molecule has 0 aliphatic rings. The van der Waals surface area contributed by atoms with E-state index >= 15 is 0 Å². The Hall–Kier alpha value is -3.59. The van der Waals surface area contributed by atoms with Gasteiger partial charge in [0.25, 0.3) is 0 Å². The molecule has 0 saturated carbocycles. The second-order valence-corrected chi connectivity index (χ2v) is 7.32. The zero-order valence-corrected chi connectivity index (χ0v) is 17.8. The molecular formula is C23H16ClF4N3O2. The van der Waals surface area contributed by atoms with Gasteiger partial charge in [-0.25, -0.2) is 9.97 Å². The summed E-state index contributed by atoms with van der Waals surface area (Å²) in [7, 11) is 1.48. The number of H-pyrrole nitrogens is 1. The fraction of sp³-hybridized carbons (Fsp3) is 0.130. The maximum absolute atomic E-state index is 13.1. The topological polar surface area (TPSA) is 60.0 Å². The molecule has 4 aromatic rings. The Labute approximate surface area is 191 Å². The Morgan fingerprint density at radius 2 is 1.79 bits per heavy atom. The molecule has 0 atom stereocenters. The Balaban J connectivity index is 1.53. The summed E-state index contributed by atoms with van der Waals surface area (Å²) < 4.78 is 62.3. The summed E-state index contributed by atoms with van der Waals surface area (Å²) in [6.07, 6.45) is -3.05. The van der Waals surface area contributed by atoms with E-state index in [1.54, 1.807) is 18.2 Å². The molecule has 5 nitrogen and oxygen atoms in total. The highest BCUT2D eigenvalue weighted by atomic mass is 35.5. The van der Waals surface area contributed by atoms with E-state index in [1.165, 1.54) is 37.6 Å². The molecule has 0 bridgehead atoms. The quantitative estimate of drug-likeness (QED) is 0.253. The molecule has 2 aromatic heterocycles.